The van der Waals surface area contributed by atoms with Gasteiger partial charge >= 0.3 is 0 Å². The summed E-state index contributed by atoms with van der Waals surface area (Å²) in [4.78, 5) is 18.8. The second-order valence-electron chi connectivity index (χ2n) is 10.6. The maximum Gasteiger partial charge on any atom is 0.193 e. The van der Waals surface area contributed by atoms with Gasteiger partial charge in [-0.25, -0.2) is 0 Å². The Bertz CT molecular complexity index is 1340. The van der Waals surface area contributed by atoms with Gasteiger partial charge in [-0.15, -0.1) is 6.42 Å². The Labute approximate surface area is 201 Å². The summed E-state index contributed by atoms with van der Waals surface area (Å²) in [5.41, 5.74) is 8.04. The lowest BCUT2D eigenvalue weighted by atomic mass is 9.68. The highest BCUT2D eigenvalue weighted by Gasteiger charge is 2.43. The average molecular weight is 448 g/mol. The zero-order valence-electron chi connectivity index (χ0n) is 19.9. The normalized spacial score (nSPS) is 21.3. The van der Waals surface area contributed by atoms with E-state index in [0.717, 1.165) is 76.9 Å². The number of carbonyl (C=O) groups excluding carboxylic acids is 1. The van der Waals surface area contributed by atoms with Crippen LogP contribution >= 0.6 is 0 Å². The summed E-state index contributed by atoms with van der Waals surface area (Å²) in [6.45, 7) is 8.51. The van der Waals surface area contributed by atoms with E-state index in [2.05, 4.69) is 41.7 Å². The number of ketones is 1. The molecule has 1 saturated heterocycles. The van der Waals surface area contributed by atoms with Crippen molar-refractivity contribution in [3.63, 3.8) is 0 Å². The second kappa shape index (κ2) is 7.59. The van der Waals surface area contributed by atoms with Crippen molar-refractivity contribution in [2.45, 2.75) is 51.0 Å². The van der Waals surface area contributed by atoms with Crippen molar-refractivity contribution in [3.8, 4) is 18.4 Å². The standard InChI is InChI=1S/C30H29N3O/c1-4-20-15-24-25(17-27(20)33-12-10-32(11-13-33)22-6-5-7-22)30(2,3)26-16-21-14-19(18-31)8-9-23(21)28(26)29(24)34/h1,8-9,14-15,17,22H,5-7,10-13,16H2,2-3H3. The number of anilines is 1. The molecule has 0 N–H and O–H groups in total. The fourth-order valence-corrected chi connectivity index (χ4v) is 6.34. The number of benzene rings is 2. The lowest BCUT2D eigenvalue weighted by molar-refractivity contribution is 0.105. The topological polar surface area (TPSA) is 47.3 Å². The molecule has 4 heteroatoms. The molecule has 0 radical (unpaired) electrons. The van der Waals surface area contributed by atoms with Crippen LogP contribution in [0.3, 0.4) is 0 Å². The molecule has 0 bridgehead atoms. The quantitative estimate of drug-likeness (QED) is 0.626. The van der Waals surface area contributed by atoms with E-state index in [0.29, 0.717) is 12.0 Å². The molecule has 0 unspecified atom stereocenters. The third kappa shape index (κ3) is 2.99. The van der Waals surface area contributed by atoms with Crippen molar-refractivity contribution in [1.82, 2.24) is 4.90 Å². The van der Waals surface area contributed by atoms with E-state index in [1.807, 2.05) is 24.3 Å². The molecular weight excluding hydrogens is 418 g/mol. The Hall–Kier alpha value is -3.34. The van der Waals surface area contributed by atoms with Crippen LogP contribution in [-0.2, 0) is 11.8 Å². The van der Waals surface area contributed by atoms with Crippen LogP contribution in [0, 0.1) is 23.7 Å². The highest BCUT2D eigenvalue weighted by molar-refractivity contribution is 6.33. The van der Waals surface area contributed by atoms with Crippen LogP contribution in [0.2, 0.25) is 0 Å². The van der Waals surface area contributed by atoms with Gasteiger partial charge in [-0.05, 0) is 65.8 Å². The fourth-order valence-electron chi connectivity index (χ4n) is 6.34. The number of carbonyl (C=O) groups is 1. The number of hydrogen-bond donors (Lipinski definition) is 0. The molecule has 2 aromatic rings. The number of hydrogen-bond acceptors (Lipinski definition) is 4. The zero-order chi connectivity index (χ0) is 23.6. The van der Waals surface area contributed by atoms with E-state index in [1.54, 1.807) is 0 Å². The minimum absolute atomic E-state index is 0.0608. The number of piperazine rings is 1. The molecule has 6 rings (SSSR count). The van der Waals surface area contributed by atoms with Crippen molar-refractivity contribution in [2.24, 2.45) is 0 Å². The highest BCUT2D eigenvalue weighted by atomic mass is 16.1. The third-order valence-electron chi connectivity index (χ3n) is 8.61. The Kier molecular flexibility index (Phi) is 4.73. The molecule has 34 heavy (non-hydrogen) atoms. The first-order chi connectivity index (χ1) is 16.4. The maximum atomic E-state index is 13.8. The summed E-state index contributed by atoms with van der Waals surface area (Å²) in [7, 11) is 0. The summed E-state index contributed by atoms with van der Waals surface area (Å²) in [5, 5.41) is 9.34. The summed E-state index contributed by atoms with van der Waals surface area (Å²) < 4.78 is 0. The van der Waals surface area contributed by atoms with E-state index in [-0.39, 0.29) is 11.2 Å². The van der Waals surface area contributed by atoms with Gasteiger partial charge in [0.05, 0.1) is 17.3 Å². The van der Waals surface area contributed by atoms with Gasteiger partial charge in [-0.2, -0.15) is 5.26 Å². The molecule has 1 aliphatic heterocycles. The van der Waals surface area contributed by atoms with Crippen LogP contribution in [0.1, 0.15) is 71.3 Å². The first-order valence-electron chi connectivity index (χ1n) is 12.4. The number of fused-ring (bicyclic) bond motifs is 3. The number of nitrogens with zero attached hydrogens (tertiary/aromatic N) is 3. The predicted octanol–water partition coefficient (Wildman–Crippen LogP) is 4.70. The number of terminal acetylenes is 1. The molecule has 0 aromatic heterocycles. The van der Waals surface area contributed by atoms with Gasteiger partial charge < -0.3 is 4.90 Å². The van der Waals surface area contributed by atoms with Gasteiger partial charge in [-0.3, -0.25) is 9.69 Å². The molecule has 1 saturated carbocycles. The molecule has 0 atom stereocenters. The molecule has 3 aliphatic carbocycles. The smallest absolute Gasteiger partial charge is 0.193 e. The van der Waals surface area contributed by atoms with Crippen molar-refractivity contribution in [1.29, 1.82) is 5.26 Å². The van der Waals surface area contributed by atoms with E-state index >= 15 is 0 Å². The Morgan fingerprint density at radius 2 is 1.82 bits per heavy atom. The first-order valence-corrected chi connectivity index (χ1v) is 12.4. The molecule has 4 nitrogen and oxygen atoms in total. The van der Waals surface area contributed by atoms with Crippen LogP contribution in [-0.4, -0.2) is 42.9 Å². The molecule has 170 valence electrons. The average Bonchev–Trinajstić information content (AvgIpc) is 3.21. The summed E-state index contributed by atoms with van der Waals surface area (Å²) in [6, 6.07) is 12.8. The van der Waals surface area contributed by atoms with E-state index < -0.39 is 0 Å². The van der Waals surface area contributed by atoms with Crippen molar-refractivity contribution in [2.75, 3.05) is 31.1 Å². The van der Waals surface area contributed by atoms with Crippen molar-refractivity contribution < 1.29 is 4.79 Å². The van der Waals surface area contributed by atoms with Crippen molar-refractivity contribution in [3.05, 3.63) is 69.3 Å². The zero-order valence-corrected chi connectivity index (χ0v) is 19.9. The largest absolute Gasteiger partial charge is 0.368 e. The van der Waals surface area contributed by atoms with Gasteiger partial charge in [0, 0.05) is 54.3 Å². The molecule has 0 spiro atoms. The van der Waals surface area contributed by atoms with Gasteiger partial charge in [0.15, 0.2) is 5.78 Å². The number of nitriles is 1. The number of allylic oxidation sites excluding steroid dienone is 2. The Balaban J connectivity index is 1.39. The molecule has 2 fully saturated rings. The molecule has 2 aromatic carbocycles. The van der Waals surface area contributed by atoms with Crippen LogP contribution in [0.4, 0.5) is 5.69 Å². The summed E-state index contributed by atoms with van der Waals surface area (Å²) in [6.07, 6.45) is 10.7. The maximum absolute atomic E-state index is 13.8. The molecule has 0 amide bonds. The Morgan fingerprint density at radius 3 is 2.47 bits per heavy atom. The summed E-state index contributed by atoms with van der Waals surface area (Å²) >= 11 is 0. The second-order valence-corrected chi connectivity index (χ2v) is 10.6. The Morgan fingerprint density at radius 1 is 1.06 bits per heavy atom. The number of rotatable bonds is 2. The third-order valence-corrected chi connectivity index (χ3v) is 8.61. The minimum atomic E-state index is -0.292. The van der Waals surface area contributed by atoms with Gasteiger partial charge in [0.25, 0.3) is 0 Å². The molecular formula is C30H29N3O. The lowest BCUT2D eigenvalue weighted by Gasteiger charge is -2.44. The van der Waals surface area contributed by atoms with E-state index in [9.17, 15) is 10.1 Å². The fraction of sp³-hybridized carbons (Fsp3) is 0.400. The highest BCUT2D eigenvalue weighted by Crippen LogP contribution is 2.51. The van der Waals surface area contributed by atoms with Gasteiger partial charge in [-0.1, -0.05) is 32.3 Å². The van der Waals surface area contributed by atoms with E-state index in [4.69, 9.17) is 6.42 Å². The number of Topliss-reactive ketones (excluding diaryl/α,β-unsaturated/α-hetero) is 1. The van der Waals surface area contributed by atoms with Crippen LogP contribution in [0.25, 0.3) is 5.57 Å². The predicted molar refractivity (Wildman–Crippen MR) is 135 cm³/mol. The lowest BCUT2D eigenvalue weighted by Crippen LogP contribution is -2.52. The first kappa shape index (κ1) is 21.2. The van der Waals surface area contributed by atoms with Crippen LogP contribution in [0.15, 0.2) is 35.9 Å². The van der Waals surface area contributed by atoms with Gasteiger partial charge in [0.2, 0.25) is 0 Å². The summed E-state index contributed by atoms with van der Waals surface area (Å²) in [5.74, 6) is 2.94. The minimum Gasteiger partial charge on any atom is -0.368 e. The molecule has 4 aliphatic rings. The SMILES string of the molecule is C#Cc1cc2c(cc1N1CCN(C3CCC3)CC1)C(C)(C)C1=C(C2=O)c2ccc(C#N)cc2C1. The van der Waals surface area contributed by atoms with E-state index in [1.165, 1.54) is 19.3 Å². The monoisotopic (exact) mass is 447 g/mol. The van der Waals surface area contributed by atoms with Crippen LogP contribution < -0.4 is 4.90 Å². The van der Waals surface area contributed by atoms with Gasteiger partial charge in [0.1, 0.15) is 0 Å². The molecule has 1 heterocycles. The van der Waals surface area contributed by atoms with Crippen LogP contribution in [0.5, 0.6) is 0 Å². The van der Waals surface area contributed by atoms with Crippen molar-refractivity contribution >= 4 is 17.0 Å².